The molecule has 5 unspecified atom stereocenters. The number of carbonyl (C=O) groups is 7. The summed E-state index contributed by atoms with van der Waals surface area (Å²) < 4.78 is 0. The number of amides is 7. The van der Waals surface area contributed by atoms with Crippen LogP contribution in [-0.2, 0) is 33.6 Å². The van der Waals surface area contributed by atoms with E-state index < -0.39 is 65.8 Å². The number of hydrogen-bond donors (Lipinski definition) is 6. The van der Waals surface area contributed by atoms with Crippen LogP contribution in [0, 0.1) is 0 Å². The number of aliphatic hydroxyl groups is 1. The normalized spacial score (nSPS) is 30.4. The van der Waals surface area contributed by atoms with Crippen molar-refractivity contribution in [1.82, 2.24) is 36.4 Å². The van der Waals surface area contributed by atoms with Crippen molar-refractivity contribution in [3.63, 3.8) is 0 Å². The fourth-order valence-corrected chi connectivity index (χ4v) is 8.32. The second-order valence-corrected chi connectivity index (χ2v) is 15.6. The molecular weight excluding hydrogens is 699 g/mol. The topological polar surface area (TPSA) is 206 Å². The van der Waals surface area contributed by atoms with E-state index in [1.54, 1.807) is 23.1 Å². The first kappa shape index (κ1) is 39.9. The molecule has 4 heterocycles. The molecule has 280 valence electrons. The van der Waals surface area contributed by atoms with Crippen LogP contribution in [0.4, 0.5) is 0 Å². The molecule has 51 heavy (non-hydrogen) atoms. The summed E-state index contributed by atoms with van der Waals surface area (Å²) in [4.78, 5) is 97.1. The highest BCUT2D eigenvalue weighted by Crippen LogP contribution is 2.27. The third-order valence-electron chi connectivity index (χ3n) is 9.12. The number of allylic oxidation sites excluding steroid dienone is 4. The van der Waals surface area contributed by atoms with Crippen LogP contribution in [0.1, 0.15) is 65.2 Å². The molecule has 4 aliphatic rings. The van der Waals surface area contributed by atoms with Gasteiger partial charge in [-0.3, -0.25) is 33.6 Å². The quantitative estimate of drug-likeness (QED) is 0.169. The molecule has 6 N–H and O–H groups in total. The van der Waals surface area contributed by atoms with Crippen molar-refractivity contribution in [2.75, 3.05) is 31.1 Å². The van der Waals surface area contributed by atoms with E-state index in [-0.39, 0.29) is 44.0 Å². The van der Waals surface area contributed by atoms with E-state index in [1.165, 1.54) is 39.6 Å². The summed E-state index contributed by atoms with van der Waals surface area (Å²) in [5.74, 6) is -2.55. The zero-order valence-electron chi connectivity index (χ0n) is 29.1. The molecule has 0 aromatic heterocycles. The van der Waals surface area contributed by atoms with Crippen LogP contribution in [0.5, 0.6) is 0 Å². The largest absolute Gasteiger partial charge is 0.391 e. The predicted molar refractivity (Wildman–Crippen MR) is 194 cm³/mol. The molecule has 0 radical (unpaired) electrons. The second kappa shape index (κ2) is 19.7. The zero-order valence-corrected chi connectivity index (χ0v) is 30.7. The zero-order chi connectivity index (χ0) is 36.9. The molecule has 0 aliphatic carbocycles. The van der Waals surface area contributed by atoms with Gasteiger partial charge in [0.25, 0.3) is 0 Å². The molecular formula is C34H49N7O8S2. The SMILES string of the molecule is C\C=C/C=C\C1=C\NC(=O)CCC2NC(=O)C(C(C)O)NC(=O)C3CCCN3C(=O)C3CCCN3C(=O)CCSSCCNC(=O)[C@H](C1)NC2=O. The Morgan fingerprint density at radius 3 is 2.25 bits per heavy atom. The summed E-state index contributed by atoms with van der Waals surface area (Å²) in [5.41, 5.74) is 0.563. The predicted octanol–water partition coefficient (Wildman–Crippen LogP) is 0.0212. The number of carbonyl (C=O) groups excluding carboxylic acids is 7. The van der Waals surface area contributed by atoms with Gasteiger partial charge in [0, 0.05) is 56.6 Å². The summed E-state index contributed by atoms with van der Waals surface area (Å²) in [7, 11) is 2.97. The van der Waals surface area contributed by atoms with E-state index in [9.17, 15) is 38.7 Å². The van der Waals surface area contributed by atoms with Gasteiger partial charge < -0.3 is 41.5 Å². The van der Waals surface area contributed by atoms with Crippen LogP contribution in [0.3, 0.4) is 0 Å². The summed E-state index contributed by atoms with van der Waals surface area (Å²) in [5, 5.41) is 24.0. The van der Waals surface area contributed by atoms with Gasteiger partial charge in [-0.2, -0.15) is 0 Å². The number of aliphatic hydroxyl groups excluding tert-OH is 1. The molecule has 3 fully saturated rings. The number of nitrogens with one attached hydrogen (secondary N) is 5. The number of fused-ring (bicyclic) bond motifs is 5. The highest BCUT2D eigenvalue weighted by Gasteiger charge is 2.43. The van der Waals surface area contributed by atoms with Crippen LogP contribution in [0.2, 0.25) is 0 Å². The van der Waals surface area contributed by atoms with Crippen molar-refractivity contribution in [2.24, 2.45) is 0 Å². The van der Waals surface area contributed by atoms with E-state index >= 15 is 0 Å². The molecule has 4 aliphatic heterocycles. The number of hydrogen-bond acceptors (Lipinski definition) is 10. The van der Waals surface area contributed by atoms with Crippen LogP contribution < -0.4 is 26.6 Å². The van der Waals surface area contributed by atoms with Gasteiger partial charge >= 0.3 is 0 Å². The van der Waals surface area contributed by atoms with Crippen molar-refractivity contribution < 1.29 is 38.7 Å². The van der Waals surface area contributed by atoms with Crippen molar-refractivity contribution in [3.8, 4) is 0 Å². The first-order valence-electron chi connectivity index (χ1n) is 17.5. The Balaban J connectivity index is 1.61. The Hall–Kier alpha value is -3.83. The molecule has 6 atom stereocenters. The fourth-order valence-electron chi connectivity index (χ4n) is 6.43. The lowest BCUT2D eigenvalue weighted by atomic mass is 10.0. The number of rotatable bonds is 3. The van der Waals surface area contributed by atoms with Crippen LogP contribution in [-0.4, -0.2) is 124 Å². The molecule has 15 nitrogen and oxygen atoms in total. The maximum Gasteiger partial charge on any atom is 0.246 e. The Labute approximate surface area is 306 Å². The maximum absolute atomic E-state index is 13.8. The van der Waals surface area contributed by atoms with E-state index in [4.69, 9.17) is 0 Å². The average Bonchev–Trinajstić information content (AvgIpc) is 3.80. The van der Waals surface area contributed by atoms with E-state index in [0.29, 0.717) is 55.9 Å². The lowest BCUT2D eigenvalue weighted by molar-refractivity contribution is -0.147. The van der Waals surface area contributed by atoms with Gasteiger partial charge in [-0.25, -0.2) is 0 Å². The fraction of sp³-hybridized carbons (Fsp3) is 0.618. The molecule has 2 bridgehead atoms. The summed E-state index contributed by atoms with van der Waals surface area (Å²) in [6.07, 6.45) is 9.14. The third kappa shape index (κ3) is 11.3. The van der Waals surface area contributed by atoms with Gasteiger partial charge in [0.05, 0.1) is 6.10 Å². The van der Waals surface area contributed by atoms with E-state index in [2.05, 4.69) is 26.6 Å². The standard InChI is InChI=1S/C34H49N7O8S2/c1-3-4-5-8-22-19-24-30(45)35-14-18-51-50-17-13-28(44)40-15-7-10-26(40)34(49)41-16-6-9-25(41)32(47)39-29(21(2)42)33(48)37-23(31(46)38-24)11-12-27(43)36-20-22/h3-5,8,20-21,23-26,29,42H,6-7,9-19H2,1-2H3,(H,35,45)(H,36,43)(H,37,48)(H,38,46)(H,39,47)/b4-3-,8-5-,22-20-/t21?,23?,24-,25?,26?,29?/m0/s1. The molecule has 3 saturated heterocycles. The highest BCUT2D eigenvalue weighted by molar-refractivity contribution is 8.76. The minimum absolute atomic E-state index is 0.0248. The number of nitrogens with zero attached hydrogens (tertiary/aromatic N) is 2. The van der Waals surface area contributed by atoms with Crippen LogP contribution in [0.25, 0.3) is 0 Å². The van der Waals surface area contributed by atoms with Gasteiger partial charge in [-0.15, -0.1) is 0 Å². The third-order valence-corrected chi connectivity index (χ3v) is 11.5. The molecule has 4 rings (SSSR count). The van der Waals surface area contributed by atoms with Crippen LogP contribution >= 0.6 is 21.6 Å². The summed E-state index contributed by atoms with van der Waals surface area (Å²) >= 11 is 0. The average molecular weight is 748 g/mol. The van der Waals surface area contributed by atoms with Gasteiger partial charge in [0.2, 0.25) is 41.4 Å². The monoisotopic (exact) mass is 747 g/mol. The van der Waals surface area contributed by atoms with E-state index in [0.717, 1.165) is 0 Å². The Bertz CT molecular complexity index is 1420. The molecule has 17 heteroatoms. The minimum Gasteiger partial charge on any atom is -0.391 e. The Kier molecular flexibility index (Phi) is 15.4. The minimum atomic E-state index is -1.50. The highest BCUT2D eigenvalue weighted by atomic mass is 33.1. The van der Waals surface area contributed by atoms with Gasteiger partial charge in [-0.05, 0) is 51.5 Å². The summed E-state index contributed by atoms with van der Waals surface area (Å²) in [6, 6.07) is -5.45. The molecule has 0 saturated carbocycles. The summed E-state index contributed by atoms with van der Waals surface area (Å²) in [6.45, 7) is 4.19. The van der Waals surface area contributed by atoms with Crippen molar-refractivity contribution in [1.29, 1.82) is 0 Å². The molecule has 0 spiro atoms. The van der Waals surface area contributed by atoms with Crippen molar-refractivity contribution >= 4 is 62.9 Å². The van der Waals surface area contributed by atoms with Gasteiger partial charge in [-0.1, -0.05) is 45.9 Å². The lowest BCUT2D eigenvalue weighted by Crippen LogP contribution is -2.61. The maximum atomic E-state index is 13.8. The van der Waals surface area contributed by atoms with Gasteiger partial charge in [0.15, 0.2) is 0 Å². The lowest BCUT2D eigenvalue weighted by Gasteiger charge is -2.32. The van der Waals surface area contributed by atoms with Gasteiger partial charge in [0.1, 0.15) is 30.2 Å². The van der Waals surface area contributed by atoms with Crippen molar-refractivity contribution in [2.45, 2.75) is 102 Å². The van der Waals surface area contributed by atoms with Crippen molar-refractivity contribution in [3.05, 3.63) is 36.1 Å². The first-order valence-corrected chi connectivity index (χ1v) is 20.0. The Morgan fingerprint density at radius 1 is 0.804 bits per heavy atom. The first-order chi connectivity index (χ1) is 24.5. The molecule has 0 aromatic rings. The molecule has 7 amide bonds. The molecule has 0 aromatic carbocycles. The second-order valence-electron chi connectivity index (χ2n) is 12.9. The van der Waals surface area contributed by atoms with E-state index in [1.807, 2.05) is 13.0 Å². The van der Waals surface area contributed by atoms with Crippen LogP contribution in [0.15, 0.2) is 36.1 Å². The smallest absolute Gasteiger partial charge is 0.246 e. The Morgan fingerprint density at radius 2 is 1.51 bits per heavy atom.